The number of carbonyl (C=O) groups is 1. The second kappa shape index (κ2) is 7.79. The molecule has 1 amide bonds. The first-order valence-electron chi connectivity index (χ1n) is 8.80. The Morgan fingerprint density at radius 2 is 1.89 bits per heavy atom. The third kappa shape index (κ3) is 4.28. The molecule has 0 spiro atoms. The van der Waals surface area contributed by atoms with Gasteiger partial charge in [-0.1, -0.05) is 25.1 Å². The number of aryl methyl sites for hydroxylation is 1. The summed E-state index contributed by atoms with van der Waals surface area (Å²) in [5.74, 6) is 0.140. The van der Waals surface area contributed by atoms with Crippen LogP contribution in [-0.4, -0.2) is 29.6 Å². The molecular weight excluding hydrogens is 364 g/mol. The highest BCUT2D eigenvalue weighted by Crippen LogP contribution is 2.20. The maximum Gasteiger partial charge on any atom is 0.258 e. The highest BCUT2D eigenvalue weighted by atomic mass is 32.2. The van der Waals surface area contributed by atoms with Crippen LogP contribution < -0.4 is 10.0 Å². The van der Waals surface area contributed by atoms with Crippen LogP contribution in [0.2, 0.25) is 0 Å². The molecule has 0 unspecified atom stereocenters. The zero-order valence-corrected chi connectivity index (χ0v) is 16.1. The molecule has 0 fully saturated rings. The first-order chi connectivity index (χ1) is 12.9. The van der Waals surface area contributed by atoms with Gasteiger partial charge in [-0.25, -0.2) is 13.4 Å². The van der Waals surface area contributed by atoms with Crippen molar-refractivity contribution in [2.75, 3.05) is 15.8 Å². The summed E-state index contributed by atoms with van der Waals surface area (Å²) < 4.78 is 28.3. The van der Waals surface area contributed by atoms with Gasteiger partial charge in [0.15, 0.2) is 0 Å². The van der Waals surface area contributed by atoms with E-state index in [9.17, 15) is 13.2 Å². The molecule has 0 aliphatic carbocycles. The first-order valence-corrected chi connectivity index (χ1v) is 10.5. The maximum absolute atomic E-state index is 12.7. The smallest absolute Gasteiger partial charge is 0.258 e. The van der Waals surface area contributed by atoms with Gasteiger partial charge in [0.25, 0.3) is 5.91 Å². The van der Waals surface area contributed by atoms with Gasteiger partial charge in [-0.15, -0.1) is 0 Å². The Kier molecular flexibility index (Phi) is 5.46. The van der Waals surface area contributed by atoms with E-state index in [2.05, 4.69) is 15.0 Å². The fraction of sp³-hybridized carbons (Fsp3) is 0.263. The highest BCUT2D eigenvalue weighted by Gasteiger charge is 2.15. The number of anilines is 2. The number of para-hydroxylation sites is 2. The molecule has 27 heavy (non-hydrogen) atoms. The van der Waals surface area contributed by atoms with Gasteiger partial charge in [-0.3, -0.25) is 14.8 Å². The van der Waals surface area contributed by atoms with Crippen LogP contribution in [0.1, 0.15) is 30.6 Å². The molecule has 0 aliphatic rings. The van der Waals surface area contributed by atoms with Crippen molar-refractivity contribution in [3.63, 3.8) is 0 Å². The van der Waals surface area contributed by atoms with E-state index in [4.69, 9.17) is 0 Å². The van der Waals surface area contributed by atoms with Crippen LogP contribution in [0.25, 0.3) is 11.0 Å². The van der Waals surface area contributed by atoms with Gasteiger partial charge >= 0.3 is 0 Å². The maximum atomic E-state index is 12.7. The average Bonchev–Trinajstić information content (AvgIpc) is 2.98. The molecule has 142 valence electrons. The lowest BCUT2D eigenvalue weighted by Crippen LogP contribution is -2.18. The van der Waals surface area contributed by atoms with Crippen LogP contribution in [-0.2, 0) is 16.6 Å². The fourth-order valence-corrected chi connectivity index (χ4v) is 4.01. The van der Waals surface area contributed by atoms with Gasteiger partial charge in [-0.05, 0) is 43.7 Å². The quantitative estimate of drug-likeness (QED) is 0.650. The molecule has 0 bridgehead atoms. The van der Waals surface area contributed by atoms with Crippen LogP contribution in [0, 0.1) is 0 Å². The summed E-state index contributed by atoms with van der Waals surface area (Å²) >= 11 is 0. The van der Waals surface area contributed by atoms with Gasteiger partial charge in [-0.2, -0.15) is 0 Å². The van der Waals surface area contributed by atoms with E-state index in [1.165, 1.54) is 6.07 Å². The Morgan fingerprint density at radius 3 is 2.63 bits per heavy atom. The summed E-state index contributed by atoms with van der Waals surface area (Å²) in [7, 11) is -3.41. The zero-order valence-electron chi connectivity index (χ0n) is 15.3. The van der Waals surface area contributed by atoms with Crippen LogP contribution in [0.3, 0.4) is 0 Å². The summed E-state index contributed by atoms with van der Waals surface area (Å²) in [6, 6.07) is 14.1. The minimum absolute atomic E-state index is 0.0317. The summed E-state index contributed by atoms with van der Waals surface area (Å²) in [6.45, 7) is 4.43. The van der Waals surface area contributed by atoms with Crippen molar-refractivity contribution in [3.05, 3.63) is 54.1 Å². The first kappa shape index (κ1) is 18.9. The zero-order chi connectivity index (χ0) is 19.4. The van der Waals surface area contributed by atoms with E-state index < -0.39 is 10.0 Å². The summed E-state index contributed by atoms with van der Waals surface area (Å²) in [5, 5.41) is 2.82. The van der Waals surface area contributed by atoms with Crippen molar-refractivity contribution in [2.24, 2.45) is 0 Å². The number of nitrogens with zero attached hydrogens (tertiary/aromatic N) is 2. The number of rotatable bonds is 7. The molecule has 7 nitrogen and oxygen atoms in total. The number of amides is 1. The molecule has 2 aromatic carbocycles. The lowest BCUT2D eigenvalue weighted by Gasteiger charge is -2.10. The highest BCUT2D eigenvalue weighted by molar-refractivity contribution is 7.92. The van der Waals surface area contributed by atoms with Crippen molar-refractivity contribution in [1.29, 1.82) is 0 Å². The number of benzene rings is 2. The van der Waals surface area contributed by atoms with E-state index in [-0.39, 0.29) is 11.7 Å². The van der Waals surface area contributed by atoms with Crippen LogP contribution in [0.5, 0.6) is 0 Å². The molecule has 0 radical (unpaired) electrons. The van der Waals surface area contributed by atoms with Crippen LogP contribution >= 0.6 is 0 Å². The average molecular weight is 386 g/mol. The summed E-state index contributed by atoms with van der Waals surface area (Å²) in [6.07, 6.45) is 0.517. The van der Waals surface area contributed by atoms with Crippen molar-refractivity contribution in [2.45, 2.75) is 26.8 Å². The molecule has 2 N–H and O–H groups in total. The van der Waals surface area contributed by atoms with Crippen molar-refractivity contribution >= 4 is 38.6 Å². The molecule has 0 saturated carbocycles. The summed E-state index contributed by atoms with van der Waals surface area (Å²) in [4.78, 5) is 17.1. The largest absolute Gasteiger partial charge is 0.310 e. The lowest BCUT2D eigenvalue weighted by molar-refractivity contribution is 0.102. The number of imidazole rings is 1. The number of carbonyl (C=O) groups excluding carboxylic acids is 1. The number of hydrogen-bond acceptors (Lipinski definition) is 4. The number of fused-ring (bicyclic) bond motifs is 1. The second-order valence-corrected chi connectivity index (χ2v) is 7.97. The molecule has 1 heterocycles. The third-order valence-electron chi connectivity index (χ3n) is 4.07. The van der Waals surface area contributed by atoms with Gasteiger partial charge in [0.1, 0.15) is 0 Å². The van der Waals surface area contributed by atoms with Crippen LogP contribution in [0.4, 0.5) is 11.6 Å². The molecule has 1 aromatic heterocycles. The van der Waals surface area contributed by atoms with Gasteiger partial charge in [0.2, 0.25) is 16.0 Å². The number of nitrogens with one attached hydrogen (secondary N) is 2. The topological polar surface area (TPSA) is 93.1 Å². The standard InChI is InChI=1S/C19H22N4O3S/c1-3-12-27(25,26)22-15-9-7-8-14(13-15)18(24)21-19-20-16-10-5-6-11-17(16)23(19)4-2/h5-11,13,22H,3-4,12H2,1-2H3,(H,20,21,24). The Balaban J connectivity index is 1.84. The Morgan fingerprint density at radius 1 is 1.11 bits per heavy atom. The minimum atomic E-state index is -3.41. The predicted molar refractivity (Wildman–Crippen MR) is 108 cm³/mol. The Hall–Kier alpha value is -2.87. The molecule has 0 atom stereocenters. The molecule has 8 heteroatoms. The number of hydrogen-bond donors (Lipinski definition) is 2. The van der Waals surface area contributed by atoms with Crippen molar-refractivity contribution < 1.29 is 13.2 Å². The third-order valence-corrected chi connectivity index (χ3v) is 5.56. The van der Waals surface area contributed by atoms with E-state index >= 15 is 0 Å². The fourth-order valence-electron chi connectivity index (χ4n) is 2.89. The van der Waals surface area contributed by atoms with Crippen molar-refractivity contribution in [1.82, 2.24) is 9.55 Å². The number of sulfonamides is 1. The monoisotopic (exact) mass is 386 g/mol. The second-order valence-electron chi connectivity index (χ2n) is 6.12. The number of aromatic nitrogens is 2. The minimum Gasteiger partial charge on any atom is -0.310 e. The van der Waals surface area contributed by atoms with E-state index in [0.717, 1.165) is 11.0 Å². The van der Waals surface area contributed by atoms with Gasteiger partial charge in [0.05, 0.1) is 16.8 Å². The Bertz CT molecular complexity index is 1070. The Labute approximate surface area is 158 Å². The molecule has 0 saturated heterocycles. The molecular formula is C19H22N4O3S. The molecule has 0 aliphatic heterocycles. The summed E-state index contributed by atoms with van der Waals surface area (Å²) in [5.41, 5.74) is 2.45. The molecule has 3 aromatic rings. The van der Waals surface area contributed by atoms with E-state index in [1.54, 1.807) is 25.1 Å². The lowest BCUT2D eigenvalue weighted by atomic mass is 10.2. The predicted octanol–water partition coefficient (Wildman–Crippen LogP) is 3.46. The van der Waals surface area contributed by atoms with E-state index in [1.807, 2.05) is 35.8 Å². The van der Waals surface area contributed by atoms with Gasteiger partial charge in [0, 0.05) is 17.8 Å². The van der Waals surface area contributed by atoms with Gasteiger partial charge < -0.3 is 4.57 Å². The van der Waals surface area contributed by atoms with Crippen molar-refractivity contribution in [3.8, 4) is 0 Å². The molecule has 3 rings (SSSR count). The van der Waals surface area contributed by atoms with Crippen LogP contribution in [0.15, 0.2) is 48.5 Å². The van der Waals surface area contributed by atoms with E-state index in [0.29, 0.717) is 30.2 Å². The normalized spacial score (nSPS) is 11.5. The SMILES string of the molecule is CCCS(=O)(=O)Nc1cccc(C(=O)Nc2nc3ccccc3n2CC)c1.